The molecule has 0 bridgehead atoms. The summed E-state index contributed by atoms with van der Waals surface area (Å²) >= 11 is 0. The van der Waals surface area contributed by atoms with Crippen molar-refractivity contribution in [2.45, 2.75) is 0 Å². The van der Waals surface area contributed by atoms with E-state index in [0.29, 0.717) is 6.54 Å². The Kier molecular flexibility index (Phi) is 9.88. The average Bonchev–Trinajstić information content (AvgIpc) is 2.02. The molecule has 3 N–H and O–H groups in total. The predicted octanol–water partition coefficient (Wildman–Crippen LogP) is 0.697. The Labute approximate surface area is 70.0 Å². The third-order valence-corrected chi connectivity index (χ3v) is 0.572. The molecule has 0 aromatic rings. The van der Waals surface area contributed by atoms with Crippen molar-refractivity contribution in [1.29, 1.82) is 0 Å². The van der Waals surface area contributed by atoms with Gasteiger partial charge in [0.25, 0.3) is 0 Å². The van der Waals surface area contributed by atoms with Gasteiger partial charge in [0.2, 0.25) is 0 Å². The summed E-state index contributed by atoms with van der Waals surface area (Å²) in [5.41, 5.74) is 0. The molecule has 0 spiro atoms. The number of hydrogen-bond acceptors (Lipinski definition) is 2. The van der Waals surface area contributed by atoms with Crippen LogP contribution in [0.4, 0.5) is 4.79 Å². The Morgan fingerprint density at radius 3 is 1.83 bits per heavy atom. The van der Waals surface area contributed by atoms with E-state index >= 15 is 0 Å². The number of nitrogens with one attached hydrogen (secondary N) is 1. The molecular formula is C7H11NO4. The molecule has 0 aromatic heterocycles. The third kappa shape index (κ3) is 24.1. The third-order valence-electron chi connectivity index (χ3n) is 0.572. The minimum Gasteiger partial charge on any atom is -0.478 e. The summed E-state index contributed by atoms with van der Waals surface area (Å²) in [7, 11) is 0. The molecule has 0 rings (SSSR count). The van der Waals surface area contributed by atoms with Gasteiger partial charge in [0, 0.05) is 12.6 Å². The second-order valence-electron chi connectivity index (χ2n) is 1.52. The summed E-state index contributed by atoms with van der Waals surface area (Å²) in [6, 6.07) is 0. The summed E-state index contributed by atoms with van der Waals surface area (Å²) in [5.74, 6) is -0.981. The summed E-state index contributed by atoms with van der Waals surface area (Å²) < 4.78 is 0. The van der Waals surface area contributed by atoms with Gasteiger partial charge in [0.05, 0.1) is 0 Å². The van der Waals surface area contributed by atoms with Gasteiger partial charge in [-0.05, 0) is 0 Å². The standard InChI is InChI=1S/C4H7NO2.C3H4O2/c1-2-3-5-4(6)7;1-2-3(4)5/h2,5H,1,3H2,(H,6,7);2H,1H2,(H,4,5). The van der Waals surface area contributed by atoms with Crippen LogP contribution in [0, 0.1) is 0 Å². The van der Waals surface area contributed by atoms with Crippen LogP contribution in [-0.4, -0.2) is 28.8 Å². The molecule has 0 aliphatic heterocycles. The second-order valence-corrected chi connectivity index (χ2v) is 1.52. The highest BCUT2D eigenvalue weighted by Crippen LogP contribution is 1.59. The maximum atomic E-state index is 9.60. The van der Waals surface area contributed by atoms with Crippen molar-refractivity contribution in [3.05, 3.63) is 25.3 Å². The Morgan fingerprint density at radius 1 is 1.33 bits per heavy atom. The fourth-order valence-electron chi connectivity index (χ4n) is 0.159. The first-order chi connectivity index (χ1) is 5.54. The molecule has 0 aromatic carbocycles. The quantitative estimate of drug-likeness (QED) is 0.433. The Bertz CT molecular complexity index is 176. The number of hydrogen-bond donors (Lipinski definition) is 3. The van der Waals surface area contributed by atoms with Crippen LogP contribution >= 0.6 is 0 Å². The lowest BCUT2D eigenvalue weighted by molar-refractivity contribution is -0.131. The molecule has 0 aliphatic rings. The molecule has 5 heteroatoms. The van der Waals surface area contributed by atoms with Crippen LogP contribution in [0.5, 0.6) is 0 Å². The van der Waals surface area contributed by atoms with E-state index in [0.717, 1.165) is 6.08 Å². The SMILES string of the molecule is C=CC(=O)O.C=CCNC(=O)O. The maximum Gasteiger partial charge on any atom is 0.404 e. The zero-order valence-corrected chi connectivity index (χ0v) is 6.49. The van der Waals surface area contributed by atoms with Gasteiger partial charge in [-0.15, -0.1) is 6.58 Å². The largest absolute Gasteiger partial charge is 0.478 e. The zero-order valence-electron chi connectivity index (χ0n) is 6.49. The van der Waals surface area contributed by atoms with E-state index in [1.54, 1.807) is 0 Å². The number of carbonyl (C=O) groups is 2. The lowest BCUT2D eigenvalue weighted by Crippen LogP contribution is -2.19. The van der Waals surface area contributed by atoms with Crippen LogP contribution in [0.3, 0.4) is 0 Å². The fourth-order valence-corrected chi connectivity index (χ4v) is 0.159. The van der Waals surface area contributed by atoms with Crippen molar-refractivity contribution in [2.75, 3.05) is 6.54 Å². The van der Waals surface area contributed by atoms with Crippen molar-refractivity contribution >= 4 is 12.1 Å². The summed E-state index contributed by atoms with van der Waals surface area (Å²) in [4.78, 5) is 18.8. The minimum absolute atomic E-state index is 0.315. The first-order valence-electron chi connectivity index (χ1n) is 2.97. The molecular weight excluding hydrogens is 162 g/mol. The lowest BCUT2D eigenvalue weighted by Gasteiger charge is -1.88. The van der Waals surface area contributed by atoms with Crippen LogP contribution in [0.1, 0.15) is 0 Å². The van der Waals surface area contributed by atoms with Crippen molar-refractivity contribution < 1.29 is 19.8 Å². The Hall–Kier alpha value is -1.78. The Balaban J connectivity index is 0. The van der Waals surface area contributed by atoms with Crippen molar-refractivity contribution in [2.24, 2.45) is 0 Å². The molecule has 0 saturated carbocycles. The Morgan fingerprint density at radius 2 is 1.75 bits per heavy atom. The van der Waals surface area contributed by atoms with E-state index in [1.807, 2.05) is 0 Å². The smallest absolute Gasteiger partial charge is 0.404 e. The topological polar surface area (TPSA) is 86.6 Å². The molecule has 5 nitrogen and oxygen atoms in total. The molecule has 0 heterocycles. The van der Waals surface area contributed by atoms with Crippen LogP contribution in [-0.2, 0) is 4.79 Å². The fraction of sp³-hybridized carbons (Fsp3) is 0.143. The first-order valence-corrected chi connectivity index (χ1v) is 2.97. The van der Waals surface area contributed by atoms with Crippen LogP contribution in [0.25, 0.3) is 0 Å². The van der Waals surface area contributed by atoms with Gasteiger partial charge < -0.3 is 15.5 Å². The van der Waals surface area contributed by atoms with Crippen molar-refractivity contribution in [3.63, 3.8) is 0 Å². The molecule has 12 heavy (non-hydrogen) atoms. The second kappa shape index (κ2) is 9.22. The molecule has 0 radical (unpaired) electrons. The molecule has 68 valence electrons. The molecule has 0 atom stereocenters. The molecule has 0 fully saturated rings. The maximum absolute atomic E-state index is 9.60. The van der Waals surface area contributed by atoms with Crippen molar-refractivity contribution in [1.82, 2.24) is 5.32 Å². The summed E-state index contributed by atoms with van der Waals surface area (Å²) in [6.07, 6.45) is 1.30. The first kappa shape index (κ1) is 12.9. The number of rotatable bonds is 3. The van der Waals surface area contributed by atoms with Crippen LogP contribution in [0.2, 0.25) is 0 Å². The molecule has 0 unspecified atom stereocenters. The molecule has 0 saturated heterocycles. The van der Waals surface area contributed by atoms with E-state index in [1.165, 1.54) is 6.08 Å². The number of amides is 1. The number of carboxylic acid groups (broad SMARTS) is 2. The van der Waals surface area contributed by atoms with E-state index in [9.17, 15) is 9.59 Å². The van der Waals surface area contributed by atoms with Gasteiger partial charge in [-0.2, -0.15) is 0 Å². The summed E-state index contributed by atoms with van der Waals surface area (Å²) in [5, 5.41) is 17.6. The lowest BCUT2D eigenvalue weighted by atomic mass is 10.6. The highest BCUT2D eigenvalue weighted by atomic mass is 16.4. The van der Waals surface area contributed by atoms with Gasteiger partial charge >= 0.3 is 12.1 Å². The number of carboxylic acids is 1. The van der Waals surface area contributed by atoms with Gasteiger partial charge in [-0.1, -0.05) is 12.7 Å². The van der Waals surface area contributed by atoms with Gasteiger partial charge in [0.1, 0.15) is 0 Å². The van der Waals surface area contributed by atoms with E-state index in [2.05, 4.69) is 18.5 Å². The van der Waals surface area contributed by atoms with E-state index < -0.39 is 12.1 Å². The van der Waals surface area contributed by atoms with E-state index in [-0.39, 0.29) is 0 Å². The van der Waals surface area contributed by atoms with Crippen molar-refractivity contribution in [3.8, 4) is 0 Å². The highest BCUT2D eigenvalue weighted by molar-refractivity contribution is 5.78. The van der Waals surface area contributed by atoms with Gasteiger partial charge in [-0.25, -0.2) is 9.59 Å². The monoisotopic (exact) mass is 173 g/mol. The van der Waals surface area contributed by atoms with E-state index in [4.69, 9.17) is 10.2 Å². The zero-order chi connectivity index (χ0) is 9.98. The van der Waals surface area contributed by atoms with Gasteiger partial charge in [0.15, 0.2) is 0 Å². The predicted molar refractivity (Wildman–Crippen MR) is 44.1 cm³/mol. The average molecular weight is 173 g/mol. The highest BCUT2D eigenvalue weighted by Gasteiger charge is 1.84. The minimum atomic E-state index is -1.01. The van der Waals surface area contributed by atoms with Crippen LogP contribution < -0.4 is 5.32 Å². The van der Waals surface area contributed by atoms with Crippen LogP contribution in [0.15, 0.2) is 25.3 Å². The molecule has 0 aliphatic carbocycles. The summed E-state index contributed by atoms with van der Waals surface area (Å²) in [6.45, 7) is 6.58. The number of aliphatic carboxylic acids is 1. The normalized spacial score (nSPS) is 7.00. The van der Waals surface area contributed by atoms with Gasteiger partial charge in [-0.3, -0.25) is 0 Å². The molecule has 1 amide bonds.